The van der Waals surface area contributed by atoms with E-state index in [9.17, 15) is 18.0 Å². The van der Waals surface area contributed by atoms with Gasteiger partial charge in [0.2, 0.25) is 10.0 Å². The maximum Gasteiger partial charge on any atom is 0.341 e. The van der Waals surface area contributed by atoms with Crippen LogP contribution >= 0.6 is 11.3 Å². The summed E-state index contributed by atoms with van der Waals surface area (Å²) in [4.78, 5) is 28.7. The quantitative estimate of drug-likeness (QED) is 0.533. The first-order valence-corrected chi connectivity index (χ1v) is 14.9. The molecule has 1 amide bonds. The van der Waals surface area contributed by atoms with Gasteiger partial charge in [0.05, 0.1) is 34.5 Å². The number of sulfonamides is 1. The molecule has 1 aromatic carbocycles. The van der Waals surface area contributed by atoms with Crippen molar-refractivity contribution in [3.05, 3.63) is 45.8 Å². The van der Waals surface area contributed by atoms with Crippen LogP contribution in [0.5, 0.6) is 0 Å². The molecule has 10 heteroatoms. The van der Waals surface area contributed by atoms with Crippen molar-refractivity contribution in [2.24, 2.45) is 5.92 Å². The SMILES string of the molecule is CCOC(=O)c1c(NC(=O)c2ccc(S(=O)(=O)N3CCCC(C)C3)cc2)sc2c1CC[NH+](C(C)C)C2. The molecule has 0 saturated carbocycles. The van der Waals surface area contributed by atoms with E-state index < -0.39 is 16.0 Å². The molecular weight excluding hydrogens is 498 g/mol. The number of nitrogens with zero attached hydrogens (tertiary/aromatic N) is 1. The second kappa shape index (κ2) is 11.0. The highest BCUT2D eigenvalue weighted by Crippen LogP contribution is 2.36. The minimum Gasteiger partial charge on any atom is -0.462 e. The molecule has 8 nitrogen and oxygen atoms in total. The number of hydrogen-bond donors (Lipinski definition) is 2. The zero-order chi connectivity index (χ0) is 26.0. The van der Waals surface area contributed by atoms with Crippen molar-refractivity contribution >= 4 is 38.2 Å². The molecule has 0 aliphatic carbocycles. The number of ether oxygens (including phenoxy) is 1. The minimum atomic E-state index is -3.59. The molecular formula is C26H36N3O5S2+. The van der Waals surface area contributed by atoms with Gasteiger partial charge in [-0.3, -0.25) is 4.79 Å². The van der Waals surface area contributed by atoms with Crippen LogP contribution in [0.3, 0.4) is 0 Å². The van der Waals surface area contributed by atoms with Crippen LogP contribution in [0.25, 0.3) is 0 Å². The third-order valence-corrected chi connectivity index (χ3v) is 10.1. The van der Waals surface area contributed by atoms with Gasteiger partial charge >= 0.3 is 5.97 Å². The van der Waals surface area contributed by atoms with Crippen LogP contribution in [0.1, 0.15) is 71.7 Å². The van der Waals surface area contributed by atoms with E-state index in [-0.39, 0.29) is 17.4 Å². The number of esters is 1. The predicted octanol–water partition coefficient (Wildman–Crippen LogP) is 2.95. The minimum absolute atomic E-state index is 0.184. The Balaban J connectivity index is 1.55. The Labute approximate surface area is 217 Å². The zero-order valence-corrected chi connectivity index (χ0v) is 23.1. The van der Waals surface area contributed by atoms with Crippen LogP contribution in [0.4, 0.5) is 5.00 Å². The van der Waals surface area contributed by atoms with Crippen LogP contribution < -0.4 is 10.2 Å². The summed E-state index contributed by atoms with van der Waals surface area (Å²) >= 11 is 1.43. The van der Waals surface area contributed by atoms with Gasteiger partial charge in [-0.2, -0.15) is 4.31 Å². The lowest BCUT2D eigenvalue weighted by atomic mass is 10.0. The fraction of sp³-hybridized carbons (Fsp3) is 0.538. The standard InChI is InChI=1S/C26H35N3O5S2/c1-5-34-26(31)23-21-12-14-28(17(2)3)16-22(21)35-25(23)27-24(30)19-8-10-20(11-9-19)36(32,33)29-13-6-7-18(4)15-29/h8-11,17-18H,5-7,12-16H2,1-4H3,(H,27,30)/p+1. The number of fused-ring (bicyclic) bond motifs is 1. The summed E-state index contributed by atoms with van der Waals surface area (Å²) in [5.41, 5.74) is 1.75. The van der Waals surface area contributed by atoms with Crippen molar-refractivity contribution < 1.29 is 27.6 Å². The highest BCUT2D eigenvalue weighted by Gasteiger charge is 2.33. The smallest absolute Gasteiger partial charge is 0.341 e. The summed E-state index contributed by atoms with van der Waals surface area (Å²) in [6.45, 7) is 11.2. The Morgan fingerprint density at radius 3 is 2.61 bits per heavy atom. The zero-order valence-electron chi connectivity index (χ0n) is 21.4. The van der Waals surface area contributed by atoms with Crippen LogP contribution in [-0.4, -0.2) is 56.9 Å². The van der Waals surface area contributed by atoms with Crippen molar-refractivity contribution in [3.63, 3.8) is 0 Å². The lowest BCUT2D eigenvalue weighted by molar-refractivity contribution is -0.936. The van der Waals surface area contributed by atoms with Crippen LogP contribution in [-0.2, 0) is 27.7 Å². The average molecular weight is 535 g/mol. The Hall–Kier alpha value is -2.27. The molecule has 2 unspecified atom stereocenters. The van der Waals surface area contributed by atoms with E-state index in [2.05, 4.69) is 26.1 Å². The molecule has 1 aromatic heterocycles. The Morgan fingerprint density at radius 2 is 1.97 bits per heavy atom. The highest BCUT2D eigenvalue weighted by atomic mass is 32.2. The second-order valence-corrected chi connectivity index (χ2v) is 13.1. The molecule has 2 aromatic rings. The molecule has 2 aliphatic rings. The molecule has 2 N–H and O–H groups in total. The number of rotatable bonds is 7. The summed E-state index contributed by atoms with van der Waals surface area (Å²) in [5.74, 6) is -0.476. The number of hydrogen-bond acceptors (Lipinski definition) is 6. The first-order chi connectivity index (χ1) is 17.1. The lowest BCUT2D eigenvalue weighted by Crippen LogP contribution is -3.14. The van der Waals surface area contributed by atoms with Gasteiger partial charge in [-0.25, -0.2) is 13.2 Å². The fourth-order valence-corrected chi connectivity index (χ4v) is 7.85. The topological polar surface area (TPSA) is 97.2 Å². The van der Waals surface area contributed by atoms with E-state index in [1.807, 2.05) is 0 Å². The highest BCUT2D eigenvalue weighted by molar-refractivity contribution is 7.89. The van der Waals surface area contributed by atoms with Gasteiger partial charge in [-0.15, -0.1) is 11.3 Å². The Morgan fingerprint density at radius 1 is 1.25 bits per heavy atom. The summed E-state index contributed by atoms with van der Waals surface area (Å²) in [6, 6.07) is 6.49. The lowest BCUT2D eigenvalue weighted by Gasteiger charge is -2.30. The molecule has 0 spiro atoms. The molecule has 1 saturated heterocycles. The summed E-state index contributed by atoms with van der Waals surface area (Å²) in [7, 11) is -3.59. The van der Waals surface area contributed by atoms with E-state index in [0.29, 0.717) is 41.2 Å². The van der Waals surface area contributed by atoms with Crippen molar-refractivity contribution in [1.29, 1.82) is 0 Å². The van der Waals surface area contributed by atoms with Crippen LogP contribution in [0.15, 0.2) is 29.2 Å². The van der Waals surface area contributed by atoms with E-state index in [1.54, 1.807) is 6.92 Å². The number of quaternary nitrogens is 1. The Bertz CT molecular complexity index is 1220. The summed E-state index contributed by atoms with van der Waals surface area (Å²) < 4.78 is 32.9. The molecule has 0 bridgehead atoms. The number of piperidine rings is 1. The molecule has 36 heavy (non-hydrogen) atoms. The number of thiophene rings is 1. The van der Waals surface area contributed by atoms with Crippen LogP contribution in [0, 0.1) is 5.92 Å². The summed E-state index contributed by atoms with van der Waals surface area (Å²) in [6.07, 6.45) is 2.64. The van der Waals surface area contributed by atoms with Gasteiger partial charge in [-0.05, 0) is 69.4 Å². The third kappa shape index (κ3) is 5.51. The van der Waals surface area contributed by atoms with Crippen molar-refractivity contribution in [3.8, 4) is 0 Å². The molecule has 2 atom stereocenters. The van der Waals surface area contributed by atoms with E-state index in [4.69, 9.17) is 4.74 Å². The van der Waals surface area contributed by atoms with Gasteiger partial charge in [0, 0.05) is 25.1 Å². The van der Waals surface area contributed by atoms with Crippen molar-refractivity contribution in [1.82, 2.24) is 4.31 Å². The first kappa shape index (κ1) is 26.8. The number of anilines is 1. The molecule has 4 rings (SSSR count). The predicted molar refractivity (Wildman–Crippen MR) is 140 cm³/mol. The van der Waals surface area contributed by atoms with Crippen molar-refractivity contribution in [2.45, 2.75) is 64.4 Å². The van der Waals surface area contributed by atoms with Crippen molar-refractivity contribution in [2.75, 3.05) is 31.6 Å². The number of nitrogens with one attached hydrogen (secondary N) is 2. The van der Waals surface area contributed by atoms with Gasteiger partial charge in [0.1, 0.15) is 11.5 Å². The molecule has 0 radical (unpaired) electrons. The van der Waals surface area contributed by atoms with E-state index in [0.717, 1.165) is 42.8 Å². The second-order valence-electron chi connectivity index (χ2n) is 10.0. The summed E-state index contributed by atoms with van der Waals surface area (Å²) in [5, 5.41) is 3.40. The molecule has 3 heterocycles. The number of carbonyl (C=O) groups is 2. The third-order valence-electron chi connectivity index (χ3n) is 7.07. The monoisotopic (exact) mass is 534 g/mol. The molecule has 1 fully saturated rings. The number of carbonyl (C=O) groups excluding carboxylic acids is 2. The van der Waals surface area contributed by atoms with Crippen LogP contribution in [0.2, 0.25) is 0 Å². The first-order valence-electron chi connectivity index (χ1n) is 12.7. The molecule has 196 valence electrons. The largest absolute Gasteiger partial charge is 0.462 e. The van der Waals surface area contributed by atoms with E-state index >= 15 is 0 Å². The van der Waals surface area contributed by atoms with Gasteiger partial charge < -0.3 is 15.0 Å². The average Bonchev–Trinajstić information content (AvgIpc) is 3.21. The Kier molecular flexibility index (Phi) is 8.18. The van der Waals surface area contributed by atoms with Gasteiger partial charge in [-0.1, -0.05) is 6.92 Å². The maximum atomic E-state index is 13.1. The van der Waals surface area contributed by atoms with Gasteiger partial charge in [0.15, 0.2) is 0 Å². The number of benzene rings is 1. The number of amides is 1. The fourth-order valence-electron chi connectivity index (χ4n) is 4.97. The molecule has 2 aliphatic heterocycles. The van der Waals surface area contributed by atoms with Gasteiger partial charge in [0.25, 0.3) is 5.91 Å². The van der Waals surface area contributed by atoms with E-state index in [1.165, 1.54) is 44.8 Å². The normalized spacial score (nSPS) is 20.7. The maximum absolute atomic E-state index is 13.1.